The number of amides is 1. The number of hydrogen-bond acceptors (Lipinski definition) is 4. The molecule has 1 aliphatic heterocycles. The number of aliphatic hydroxyl groups is 1. The summed E-state index contributed by atoms with van der Waals surface area (Å²) in [6.45, 7) is 7.00. The van der Waals surface area contributed by atoms with E-state index in [0.717, 1.165) is 54.4 Å². The minimum atomic E-state index is -0.206. The minimum absolute atomic E-state index is 0.0141. The highest BCUT2D eigenvalue weighted by molar-refractivity contribution is 5.99. The van der Waals surface area contributed by atoms with Crippen LogP contribution in [0.5, 0.6) is 0 Å². The summed E-state index contributed by atoms with van der Waals surface area (Å²) in [5.74, 6) is 0.457. The first-order valence-corrected chi connectivity index (χ1v) is 9.26. The summed E-state index contributed by atoms with van der Waals surface area (Å²) < 4.78 is 5.94. The monoisotopic (exact) mass is 342 g/mol. The minimum Gasteiger partial charge on any atom is -0.450 e. The number of carbonyl (C=O) groups excluding carboxylic acids is 1. The van der Waals surface area contributed by atoms with Crippen LogP contribution in [-0.2, 0) is 0 Å². The van der Waals surface area contributed by atoms with E-state index >= 15 is 0 Å². The normalized spacial score (nSPS) is 25.0. The van der Waals surface area contributed by atoms with E-state index in [1.807, 2.05) is 36.9 Å². The van der Waals surface area contributed by atoms with Crippen molar-refractivity contribution in [3.8, 4) is 0 Å². The quantitative estimate of drug-likeness (QED) is 0.912. The molecule has 2 atom stereocenters. The number of fused-ring (bicyclic) bond motifs is 1. The first-order valence-electron chi connectivity index (χ1n) is 9.26. The number of benzene rings is 1. The molecule has 1 aromatic heterocycles. The molecule has 1 aliphatic carbocycles. The first-order chi connectivity index (χ1) is 12.1. The van der Waals surface area contributed by atoms with Gasteiger partial charge in [0.1, 0.15) is 5.58 Å². The van der Waals surface area contributed by atoms with Gasteiger partial charge in [0, 0.05) is 43.2 Å². The van der Waals surface area contributed by atoms with E-state index in [-0.39, 0.29) is 18.1 Å². The molecule has 1 saturated heterocycles. The van der Waals surface area contributed by atoms with E-state index in [4.69, 9.17) is 4.42 Å². The summed E-state index contributed by atoms with van der Waals surface area (Å²) in [7, 11) is 0. The van der Waals surface area contributed by atoms with Crippen LogP contribution in [0.2, 0.25) is 0 Å². The zero-order valence-corrected chi connectivity index (χ0v) is 15.0. The standard InChI is InChI=1S/C20H26N2O3/c1-13-5-3-6-15-14(2)19(25-18(13)15)20(24)22-11-9-21(10-12-22)16-7-4-8-17(16)23/h3,5-6,16-17,23H,4,7-12H2,1-2H3. The average Bonchev–Trinajstić information content (AvgIpc) is 3.19. The van der Waals surface area contributed by atoms with Crippen molar-refractivity contribution in [3.63, 3.8) is 0 Å². The Bertz CT molecular complexity index is 790. The molecule has 1 amide bonds. The lowest BCUT2D eigenvalue weighted by molar-refractivity contribution is 0.0302. The summed E-state index contributed by atoms with van der Waals surface area (Å²) >= 11 is 0. The van der Waals surface area contributed by atoms with E-state index < -0.39 is 0 Å². The van der Waals surface area contributed by atoms with Crippen molar-refractivity contribution in [1.29, 1.82) is 0 Å². The smallest absolute Gasteiger partial charge is 0.289 e. The summed E-state index contributed by atoms with van der Waals surface area (Å²) in [5, 5.41) is 11.1. The second kappa shape index (κ2) is 6.46. The predicted octanol–water partition coefficient (Wildman–Crippen LogP) is 2.72. The zero-order valence-electron chi connectivity index (χ0n) is 15.0. The van der Waals surface area contributed by atoms with Gasteiger partial charge in [-0.15, -0.1) is 0 Å². The third kappa shape index (κ3) is 2.85. The molecular formula is C20H26N2O3. The van der Waals surface area contributed by atoms with Gasteiger partial charge in [-0.25, -0.2) is 0 Å². The van der Waals surface area contributed by atoms with Gasteiger partial charge < -0.3 is 14.4 Å². The van der Waals surface area contributed by atoms with Gasteiger partial charge in [0.2, 0.25) is 0 Å². The molecular weight excluding hydrogens is 316 g/mol. The van der Waals surface area contributed by atoms with E-state index in [9.17, 15) is 9.90 Å². The molecule has 4 rings (SSSR count). The summed E-state index contributed by atoms with van der Waals surface area (Å²) in [5.41, 5.74) is 2.80. The lowest BCUT2D eigenvalue weighted by atomic mass is 10.1. The molecule has 1 aromatic carbocycles. The van der Waals surface area contributed by atoms with E-state index in [0.29, 0.717) is 18.8 Å². The van der Waals surface area contributed by atoms with Gasteiger partial charge in [-0.05, 0) is 38.7 Å². The fraction of sp³-hybridized carbons (Fsp3) is 0.550. The molecule has 2 fully saturated rings. The van der Waals surface area contributed by atoms with E-state index in [2.05, 4.69) is 4.90 Å². The van der Waals surface area contributed by atoms with Crippen LogP contribution in [0.25, 0.3) is 11.0 Å². The van der Waals surface area contributed by atoms with Gasteiger partial charge >= 0.3 is 0 Å². The molecule has 5 nitrogen and oxygen atoms in total. The zero-order chi connectivity index (χ0) is 17.6. The first kappa shape index (κ1) is 16.6. The van der Waals surface area contributed by atoms with Crippen molar-refractivity contribution in [2.45, 2.75) is 45.3 Å². The van der Waals surface area contributed by atoms with Crippen LogP contribution < -0.4 is 0 Å². The molecule has 2 aliphatic rings. The second-order valence-electron chi connectivity index (χ2n) is 7.40. The van der Waals surface area contributed by atoms with E-state index in [1.54, 1.807) is 0 Å². The maximum Gasteiger partial charge on any atom is 0.289 e. The van der Waals surface area contributed by atoms with Crippen LogP contribution in [-0.4, -0.2) is 59.1 Å². The predicted molar refractivity (Wildman–Crippen MR) is 96.8 cm³/mol. The Labute approximate surface area is 148 Å². The van der Waals surface area contributed by atoms with Crippen LogP contribution in [0.1, 0.15) is 40.9 Å². The molecule has 134 valence electrons. The van der Waals surface area contributed by atoms with Gasteiger partial charge in [0.05, 0.1) is 6.10 Å². The highest BCUT2D eigenvalue weighted by atomic mass is 16.3. The van der Waals surface area contributed by atoms with Crippen LogP contribution in [0, 0.1) is 13.8 Å². The fourth-order valence-electron chi connectivity index (χ4n) is 4.34. The Morgan fingerprint density at radius 1 is 1.16 bits per heavy atom. The van der Waals surface area contributed by atoms with E-state index in [1.165, 1.54) is 0 Å². The molecule has 2 unspecified atom stereocenters. The number of piperazine rings is 1. The van der Waals surface area contributed by atoms with Crippen molar-refractivity contribution < 1.29 is 14.3 Å². The molecule has 25 heavy (non-hydrogen) atoms. The Kier molecular flexibility index (Phi) is 4.29. The van der Waals surface area contributed by atoms with Gasteiger partial charge in [-0.2, -0.15) is 0 Å². The molecule has 1 N–H and O–H groups in total. The Balaban J connectivity index is 1.49. The molecule has 0 radical (unpaired) electrons. The number of rotatable bonds is 2. The van der Waals surface area contributed by atoms with Crippen LogP contribution in [0.15, 0.2) is 22.6 Å². The molecule has 0 spiro atoms. The lowest BCUT2D eigenvalue weighted by Crippen LogP contribution is -2.53. The van der Waals surface area contributed by atoms with Crippen LogP contribution in [0.4, 0.5) is 0 Å². The number of aryl methyl sites for hydroxylation is 2. The number of hydrogen-bond donors (Lipinski definition) is 1. The van der Waals surface area contributed by atoms with Crippen molar-refractivity contribution in [3.05, 3.63) is 35.1 Å². The largest absolute Gasteiger partial charge is 0.450 e. The average molecular weight is 342 g/mol. The number of furan rings is 1. The third-order valence-electron chi connectivity index (χ3n) is 5.87. The SMILES string of the molecule is Cc1c(C(=O)N2CCN(C3CCCC3O)CC2)oc2c(C)cccc12. The van der Waals surface area contributed by atoms with Crippen molar-refractivity contribution in [1.82, 2.24) is 9.80 Å². The van der Waals surface area contributed by atoms with Crippen molar-refractivity contribution >= 4 is 16.9 Å². The fourth-order valence-corrected chi connectivity index (χ4v) is 4.34. The summed E-state index contributed by atoms with van der Waals surface area (Å²) in [6, 6.07) is 6.29. The summed E-state index contributed by atoms with van der Waals surface area (Å²) in [6.07, 6.45) is 2.86. The number of para-hydroxylation sites is 1. The van der Waals surface area contributed by atoms with Crippen molar-refractivity contribution in [2.75, 3.05) is 26.2 Å². The molecule has 1 saturated carbocycles. The second-order valence-corrected chi connectivity index (χ2v) is 7.40. The van der Waals surface area contributed by atoms with Gasteiger partial charge in [0.25, 0.3) is 5.91 Å². The maximum atomic E-state index is 13.0. The number of nitrogens with zero attached hydrogens (tertiary/aromatic N) is 2. The molecule has 2 heterocycles. The highest BCUT2D eigenvalue weighted by Gasteiger charge is 2.34. The Morgan fingerprint density at radius 3 is 2.56 bits per heavy atom. The maximum absolute atomic E-state index is 13.0. The molecule has 2 aromatic rings. The Morgan fingerprint density at radius 2 is 1.92 bits per heavy atom. The molecule has 0 bridgehead atoms. The number of aliphatic hydroxyl groups excluding tert-OH is 1. The number of carbonyl (C=O) groups is 1. The Hall–Kier alpha value is -1.85. The van der Waals surface area contributed by atoms with Gasteiger partial charge in [0.15, 0.2) is 5.76 Å². The highest BCUT2D eigenvalue weighted by Crippen LogP contribution is 2.29. The molecule has 5 heteroatoms. The topological polar surface area (TPSA) is 56.9 Å². The summed E-state index contributed by atoms with van der Waals surface area (Å²) in [4.78, 5) is 17.2. The van der Waals surface area contributed by atoms with Crippen molar-refractivity contribution in [2.24, 2.45) is 0 Å². The van der Waals surface area contributed by atoms with Gasteiger partial charge in [-0.3, -0.25) is 9.69 Å². The van der Waals surface area contributed by atoms with Crippen LogP contribution >= 0.6 is 0 Å². The third-order valence-corrected chi connectivity index (χ3v) is 5.87. The van der Waals surface area contributed by atoms with Crippen LogP contribution in [0.3, 0.4) is 0 Å². The lowest BCUT2D eigenvalue weighted by Gasteiger charge is -2.38. The van der Waals surface area contributed by atoms with Gasteiger partial charge in [-0.1, -0.05) is 18.2 Å².